The fraction of sp³-hybridized carbons (Fsp3) is 0.0714. The van der Waals surface area contributed by atoms with Crippen LogP contribution in [0.4, 0.5) is 5.69 Å². The zero-order valence-electron chi connectivity index (χ0n) is 9.19. The van der Waals surface area contributed by atoms with E-state index in [1.54, 1.807) is 24.3 Å². The van der Waals surface area contributed by atoms with Crippen molar-refractivity contribution in [1.82, 2.24) is 0 Å². The summed E-state index contributed by atoms with van der Waals surface area (Å²) in [6.07, 6.45) is 0.406. The van der Waals surface area contributed by atoms with Crippen molar-refractivity contribution in [2.24, 2.45) is 0 Å². The number of hydrogen-bond donors (Lipinski definition) is 1. The highest BCUT2D eigenvalue weighted by Crippen LogP contribution is 2.14. The second-order valence-corrected chi connectivity index (χ2v) is 4.77. The molecule has 0 heterocycles. The van der Waals surface area contributed by atoms with Gasteiger partial charge in [0, 0.05) is 22.1 Å². The standard InChI is InChI=1S/C14H12BrNO/c15-12-3-1-2-10(8-12)9-14(17)11-4-6-13(16)7-5-11/h1-8H,9,16H2. The molecule has 2 aromatic rings. The summed E-state index contributed by atoms with van der Waals surface area (Å²) in [7, 11) is 0. The lowest BCUT2D eigenvalue weighted by Gasteiger charge is -2.02. The highest BCUT2D eigenvalue weighted by molar-refractivity contribution is 9.10. The molecule has 0 aliphatic heterocycles. The lowest BCUT2D eigenvalue weighted by atomic mass is 10.0. The van der Waals surface area contributed by atoms with Gasteiger partial charge in [0.15, 0.2) is 5.78 Å². The number of halogens is 1. The number of benzene rings is 2. The van der Waals surface area contributed by atoms with E-state index >= 15 is 0 Å². The van der Waals surface area contributed by atoms with Gasteiger partial charge >= 0.3 is 0 Å². The van der Waals surface area contributed by atoms with E-state index in [0.29, 0.717) is 17.7 Å². The zero-order valence-corrected chi connectivity index (χ0v) is 10.8. The molecule has 2 nitrogen and oxygen atoms in total. The van der Waals surface area contributed by atoms with Crippen molar-refractivity contribution < 1.29 is 4.79 Å². The number of carbonyl (C=O) groups excluding carboxylic acids is 1. The fourth-order valence-corrected chi connectivity index (χ4v) is 2.05. The van der Waals surface area contributed by atoms with E-state index in [4.69, 9.17) is 5.73 Å². The van der Waals surface area contributed by atoms with Crippen molar-refractivity contribution in [3.63, 3.8) is 0 Å². The minimum Gasteiger partial charge on any atom is -0.399 e. The van der Waals surface area contributed by atoms with E-state index < -0.39 is 0 Å². The molecule has 0 radical (unpaired) electrons. The minimum atomic E-state index is 0.100. The maximum Gasteiger partial charge on any atom is 0.167 e. The van der Waals surface area contributed by atoms with Crippen molar-refractivity contribution in [2.45, 2.75) is 6.42 Å². The van der Waals surface area contributed by atoms with E-state index in [1.165, 1.54) is 0 Å². The van der Waals surface area contributed by atoms with E-state index in [0.717, 1.165) is 10.0 Å². The lowest BCUT2D eigenvalue weighted by Crippen LogP contribution is -2.03. The molecule has 2 aromatic carbocycles. The molecule has 2 N–H and O–H groups in total. The second kappa shape index (κ2) is 5.15. The number of hydrogen-bond acceptors (Lipinski definition) is 2. The van der Waals surface area contributed by atoms with Gasteiger partial charge in [-0.2, -0.15) is 0 Å². The summed E-state index contributed by atoms with van der Waals surface area (Å²) in [6, 6.07) is 14.8. The Balaban J connectivity index is 2.14. The molecule has 17 heavy (non-hydrogen) atoms. The Morgan fingerprint density at radius 2 is 1.82 bits per heavy atom. The summed E-state index contributed by atoms with van der Waals surface area (Å²) in [6.45, 7) is 0. The van der Waals surface area contributed by atoms with Crippen molar-refractivity contribution in [3.05, 3.63) is 64.1 Å². The monoisotopic (exact) mass is 289 g/mol. The first-order valence-electron chi connectivity index (χ1n) is 5.28. The van der Waals surface area contributed by atoms with E-state index in [9.17, 15) is 4.79 Å². The van der Waals surface area contributed by atoms with Crippen molar-refractivity contribution >= 4 is 27.4 Å². The van der Waals surface area contributed by atoms with E-state index in [1.807, 2.05) is 24.3 Å². The SMILES string of the molecule is Nc1ccc(C(=O)Cc2cccc(Br)c2)cc1. The maximum absolute atomic E-state index is 12.0. The summed E-state index contributed by atoms with van der Waals surface area (Å²) in [4.78, 5) is 12.0. The van der Waals surface area contributed by atoms with Gasteiger partial charge in [-0.3, -0.25) is 4.79 Å². The fourth-order valence-electron chi connectivity index (χ4n) is 1.60. The van der Waals surface area contributed by atoms with Crippen LogP contribution in [-0.4, -0.2) is 5.78 Å². The summed E-state index contributed by atoms with van der Waals surface area (Å²) in [5.74, 6) is 0.100. The Morgan fingerprint density at radius 1 is 1.12 bits per heavy atom. The molecular weight excluding hydrogens is 278 g/mol. The van der Waals surface area contributed by atoms with Crippen LogP contribution >= 0.6 is 15.9 Å². The van der Waals surface area contributed by atoms with Gasteiger partial charge in [0.1, 0.15) is 0 Å². The maximum atomic E-state index is 12.0. The number of nitrogens with two attached hydrogens (primary N) is 1. The van der Waals surface area contributed by atoms with Crippen LogP contribution in [-0.2, 0) is 6.42 Å². The number of ketones is 1. The number of nitrogen functional groups attached to an aromatic ring is 1. The van der Waals surface area contributed by atoms with Gasteiger partial charge < -0.3 is 5.73 Å². The highest BCUT2D eigenvalue weighted by atomic mass is 79.9. The number of carbonyl (C=O) groups is 1. The Kier molecular flexibility index (Phi) is 3.59. The molecule has 0 aliphatic rings. The number of Topliss-reactive ketones (excluding diaryl/α,β-unsaturated/α-hetero) is 1. The smallest absolute Gasteiger partial charge is 0.167 e. The summed E-state index contributed by atoms with van der Waals surface area (Å²) < 4.78 is 0.986. The molecule has 0 saturated heterocycles. The molecule has 0 aliphatic carbocycles. The predicted octanol–water partition coefficient (Wildman–Crippen LogP) is 3.46. The topological polar surface area (TPSA) is 43.1 Å². The average Bonchev–Trinajstić information content (AvgIpc) is 2.29. The molecule has 0 amide bonds. The van der Waals surface area contributed by atoms with Gasteiger partial charge in [0.25, 0.3) is 0 Å². The van der Waals surface area contributed by atoms with Gasteiger partial charge in [-0.15, -0.1) is 0 Å². The summed E-state index contributed by atoms with van der Waals surface area (Å²) in [5, 5.41) is 0. The van der Waals surface area contributed by atoms with Gasteiger partial charge in [0.2, 0.25) is 0 Å². The Hall–Kier alpha value is -1.61. The van der Waals surface area contributed by atoms with Gasteiger partial charge in [-0.1, -0.05) is 28.1 Å². The molecule has 0 unspecified atom stereocenters. The van der Waals surface area contributed by atoms with Crippen LogP contribution in [0.1, 0.15) is 15.9 Å². The van der Waals surface area contributed by atoms with Crippen LogP contribution in [0.25, 0.3) is 0 Å². The largest absolute Gasteiger partial charge is 0.399 e. The highest BCUT2D eigenvalue weighted by Gasteiger charge is 2.06. The van der Waals surface area contributed by atoms with Gasteiger partial charge in [-0.25, -0.2) is 0 Å². The molecule has 0 spiro atoms. The van der Waals surface area contributed by atoms with E-state index in [2.05, 4.69) is 15.9 Å². The van der Waals surface area contributed by atoms with Crippen LogP contribution in [0, 0.1) is 0 Å². The molecule has 0 bridgehead atoms. The predicted molar refractivity (Wildman–Crippen MR) is 73.0 cm³/mol. The number of anilines is 1. The first-order chi connectivity index (χ1) is 8.15. The third kappa shape index (κ3) is 3.17. The first-order valence-corrected chi connectivity index (χ1v) is 6.07. The van der Waals surface area contributed by atoms with E-state index in [-0.39, 0.29) is 5.78 Å². The van der Waals surface area contributed by atoms with Gasteiger partial charge in [0.05, 0.1) is 0 Å². The lowest BCUT2D eigenvalue weighted by molar-refractivity contribution is 0.0993. The van der Waals surface area contributed by atoms with Crippen molar-refractivity contribution in [2.75, 3.05) is 5.73 Å². The molecule has 86 valence electrons. The van der Waals surface area contributed by atoms with Crippen LogP contribution in [0.2, 0.25) is 0 Å². The quantitative estimate of drug-likeness (QED) is 0.695. The molecule has 0 atom stereocenters. The summed E-state index contributed by atoms with van der Waals surface area (Å²) >= 11 is 3.39. The van der Waals surface area contributed by atoms with Crippen molar-refractivity contribution in [1.29, 1.82) is 0 Å². The molecule has 3 heteroatoms. The molecule has 0 fully saturated rings. The second-order valence-electron chi connectivity index (χ2n) is 3.85. The van der Waals surface area contributed by atoms with Crippen LogP contribution < -0.4 is 5.73 Å². The van der Waals surface area contributed by atoms with Crippen LogP contribution in [0.5, 0.6) is 0 Å². The first kappa shape index (κ1) is 11.9. The Bertz CT molecular complexity index is 534. The minimum absolute atomic E-state index is 0.100. The Labute approximate surface area is 109 Å². The average molecular weight is 290 g/mol. The van der Waals surface area contributed by atoms with Crippen LogP contribution in [0.15, 0.2) is 53.0 Å². The third-order valence-electron chi connectivity index (χ3n) is 2.49. The molecular formula is C14H12BrNO. The Morgan fingerprint density at radius 3 is 2.47 bits per heavy atom. The van der Waals surface area contributed by atoms with Gasteiger partial charge in [-0.05, 0) is 42.0 Å². The summed E-state index contributed by atoms with van der Waals surface area (Å²) in [5.41, 5.74) is 7.95. The number of rotatable bonds is 3. The molecule has 2 rings (SSSR count). The third-order valence-corrected chi connectivity index (χ3v) is 2.98. The zero-order chi connectivity index (χ0) is 12.3. The molecule has 0 saturated carbocycles. The normalized spacial score (nSPS) is 10.2. The molecule has 0 aromatic heterocycles. The van der Waals surface area contributed by atoms with Crippen molar-refractivity contribution in [3.8, 4) is 0 Å². The van der Waals surface area contributed by atoms with Crippen LogP contribution in [0.3, 0.4) is 0 Å².